The van der Waals surface area contributed by atoms with Crippen LogP contribution in [-0.2, 0) is 0 Å². The first-order valence-electron chi connectivity index (χ1n) is 5.53. The average molecular weight is 285 g/mol. The molecular weight excluding hydrogens is 268 g/mol. The number of hydrogen-bond donors (Lipinski definition) is 1. The summed E-state index contributed by atoms with van der Waals surface area (Å²) in [5, 5.41) is 2.96. The summed E-state index contributed by atoms with van der Waals surface area (Å²) in [7, 11) is 3.91. The van der Waals surface area contributed by atoms with E-state index in [0.29, 0.717) is 5.95 Å². The standard InChI is InChI=1S/C11H17BrN4/c1-7-4-8(7)6-16(3)10-9(12)5-14-11(13-2)15-10/h5,7-8H,4,6H2,1-3H3,(H,13,14,15). The van der Waals surface area contributed by atoms with Crippen molar-refractivity contribution in [1.29, 1.82) is 0 Å². The van der Waals surface area contributed by atoms with Gasteiger partial charge < -0.3 is 10.2 Å². The molecule has 16 heavy (non-hydrogen) atoms. The van der Waals surface area contributed by atoms with Gasteiger partial charge in [-0.05, 0) is 34.2 Å². The maximum atomic E-state index is 4.45. The maximum absolute atomic E-state index is 4.45. The Bertz CT molecular complexity index is 382. The molecule has 0 aromatic carbocycles. The topological polar surface area (TPSA) is 41.1 Å². The first kappa shape index (κ1) is 11.6. The van der Waals surface area contributed by atoms with Gasteiger partial charge in [0.2, 0.25) is 5.95 Å². The smallest absolute Gasteiger partial charge is 0.224 e. The molecule has 1 aromatic heterocycles. The second-order valence-electron chi connectivity index (χ2n) is 4.47. The quantitative estimate of drug-likeness (QED) is 0.922. The van der Waals surface area contributed by atoms with E-state index in [4.69, 9.17) is 0 Å². The van der Waals surface area contributed by atoms with E-state index in [1.54, 1.807) is 6.20 Å². The van der Waals surface area contributed by atoms with E-state index >= 15 is 0 Å². The third kappa shape index (κ3) is 2.45. The Labute approximate surface area is 105 Å². The van der Waals surface area contributed by atoms with E-state index in [1.165, 1.54) is 6.42 Å². The molecule has 0 saturated heterocycles. The Morgan fingerprint density at radius 3 is 2.88 bits per heavy atom. The van der Waals surface area contributed by atoms with E-state index in [-0.39, 0.29) is 0 Å². The van der Waals surface area contributed by atoms with Crippen molar-refractivity contribution < 1.29 is 0 Å². The lowest BCUT2D eigenvalue weighted by atomic mass is 10.3. The summed E-state index contributed by atoms with van der Waals surface area (Å²) in [5.74, 6) is 3.31. The van der Waals surface area contributed by atoms with Gasteiger partial charge in [0, 0.05) is 26.8 Å². The maximum Gasteiger partial charge on any atom is 0.224 e. The van der Waals surface area contributed by atoms with Gasteiger partial charge in [-0.1, -0.05) is 6.92 Å². The molecule has 1 saturated carbocycles. The van der Waals surface area contributed by atoms with Crippen LogP contribution >= 0.6 is 15.9 Å². The van der Waals surface area contributed by atoms with E-state index in [2.05, 4.69) is 50.1 Å². The van der Waals surface area contributed by atoms with Crippen LogP contribution in [-0.4, -0.2) is 30.6 Å². The zero-order valence-electron chi connectivity index (χ0n) is 9.87. The van der Waals surface area contributed by atoms with Gasteiger partial charge >= 0.3 is 0 Å². The monoisotopic (exact) mass is 284 g/mol. The molecule has 2 atom stereocenters. The van der Waals surface area contributed by atoms with E-state index in [9.17, 15) is 0 Å². The number of hydrogen-bond acceptors (Lipinski definition) is 4. The summed E-state index contributed by atoms with van der Waals surface area (Å²) in [6.07, 6.45) is 3.13. The van der Waals surface area contributed by atoms with Crippen LogP contribution in [0.25, 0.3) is 0 Å². The van der Waals surface area contributed by atoms with Crippen LogP contribution in [0.5, 0.6) is 0 Å². The van der Waals surface area contributed by atoms with Gasteiger partial charge in [0.1, 0.15) is 5.82 Å². The summed E-state index contributed by atoms with van der Waals surface area (Å²) in [6, 6.07) is 0. The highest BCUT2D eigenvalue weighted by molar-refractivity contribution is 9.10. The number of nitrogens with one attached hydrogen (secondary N) is 1. The summed E-state index contributed by atoms with van der Waals surface area (Å²) < 4.78 is 0.947. The van der Waals surface area contributed by atoms with Gasteiger partial charge in [-0.3, -0.25) is 0 Å². The lowest BCUT2D eigenvalue weighted by Gasteiger charge is -2.19. The molecule has 88 valence electrons. The molecule has 1 aliphatic carbocycles. The Kier molecular flexibility index (Phi) is 3.33. The first-order chi connectivity index (χ1) is 7.61. The second-order valence-corrected chi connectivity index (χ2v) is 5.32. The predicted molar refractivity (Wildman–Crippen MR) is 69.8 cm³/mol. The molecule has 4 nitrogen and oxygen atoms in total. The predicted octanol–water partition coefficient (Wildman–Crippen LogP) is 2.37. The van der Waals surface area contributed by atoms with Gasteiger partial charge in [-0.25, -0.2) is 4.98 Å². The number of halogens is 1. The summed E-state index contributed by atoms with van der Waals surface area (Å²) >= 11 is 3.49. The molecule has 0 spiro atoms. The highest BCUT2D eigenvalue weighted by atomic mass is 79.9. The summed E-state index contributed by atoms with van der Waals surface area (Å²) in [6.45, 7) is 3.37. The van der Waals surface area contributed by atoms with Gasteiger partial charge in [-0.15, -0.1) is 0 Å². The molecule has 1 N–H and O–H groups in total. The van der Waals surface area contributed by atoms with Crippen molar-refractivity contribution in [3.8, 4) is 0 Å². The van der Waals surface area contributed by atoms with Crippen molar-refractivity contribution in [2.24, 2.45) is 11.8 Å². The molecule has 1 aromatic rings. The van der Waals surface area contributed by atoms with Crippen molar-refractivity contribution >= 4 is 27.7 Å². The molecule has 0 bridgehead atoms. The molecule has 0 radical (unpaired) electrons. The number of rotatable bonds is 4. The van der Waals surface area contributed by atoms with Crippen molar-refractivity contribution in [1.82, 2.24) is 9.97 Å². The van der Waals surface area contributed by atoms with E-state index < -0.39 is 0 Å². The zero-order chi connectivity index (χ0) is 11.7. The van der Waals surface area contributed by atoms with Crippen LogP contribution < -0.4 is 10.2 Å². The molecule has 0 amide bonds. The minimum Gasteiger partial charge on any atom is -0.358 e. The zero-order valence-corrected chi connectivity index (χ0v) is 11.5. The van der Waals surface area contributed by atoms with Crippen LogP contribution in [0.2, 0.25) is 0 Å². The lowest BCUT2D eigenvalue weighted by molar-refractivity contribution is 0.718. The van der Waals surface area contributed by atoms with Gasteiger partial charge in [-0.2, -0.15) is 4.98 Å². The lowest BCUT2D eigenvalue weighted by Crippen LogP contribution is -2.22. The highest BCUT2D eigenvalue weighted by Gasteiger charge is 2.33. The third-order valence-electron chi connectivity index (χ3n) is 3.10. The fourth-order valence-electron chi connectivity index (χ4n) is 1.84. The Balaban J connectivity index is 2.11. The van der Waals surface area contributed by atoms with Crippen LogP contribution in [0.4, 0.5) is 11.8 Å². The minimum atomic E-state index is 0.661. The summed E-state index contributed by atoms with van der Waals surface area (Å²) in [5.41, 5.74) is 0. The number of anilines is 2. The first-order valence-corrected chi connectivity index (χ1v) is 6.32. The number of nitrogens with zero attached hydrogens (tertiary/aromatic N) is 3. The van der Waals surface area contributed by atoms with Gasteiger partial charge in [0.15, 0.2) is 0 Å². The van der Waals surface area contributed by atoms with E-state index in [0.717, 1.165) is 28.7 Å². The van der Waals surface area contributed by atoms with E-state index in [1.807, 2.05) is 7.05 Å². The highest BCUT2D eigenvalue weighted by Crippen LogP contribution is 2.39. The van der Waals surface area contributed by atoms with Crippen molar-refractivity contribution in [2.45, 2.75) is 13.3 Å². The van der Waals surface area contributed by atoms with Gasteiger partial charge in [0.25, 0.3) is 0 Å². The normalized spacial score (nSPS) is 23.0. The molecule has 1 aliphatic rings. The van der Waals surface area contributed by atoms with Crippen LogP contribution in [0.1, 0.15) is 13.3 Å². The fourth-order valence-corrected chi connectivity index (χ4v) is 2.33. The molecule has 2 unspecified atom stereocenters. The molecule has 0 aliphatic heterocycles. The third-order valence-corrected chi connectivity index (χ3v) is 3.65. The largest absolute Gasteiger partial charge is 0.358 e. The summed E-state index contributed by atoms with van der Waals surface area (Å²) in [4.78, 5) is 10.8. The minimum absolute atomic E-state index is 0.661. The number of aromatic nitrogens is 2. The Morgan fingerprint density at radius 2 is 2.31 bits per heavy atom. The Morgan fingerprint density at radius 1 is 1.62 bits per heavy atom. The SMILES string of the molecule is CNc1ncc(Br)c(N(C)CC2CC2C)n1. The van der Waals surface area contributed by atoms with Crippen molar-refractivity contribution in [3.63, 3.8) is 0 Å². The van der Waals surface area contributed by atoms with Crippen LogP contribution in [0, 0.1) is 11.8 Å². The molecule has 2 rings (SSSR count). The van der Waals surface area contributed by atoms with Crippen molar-refractivity contribution in [3.05, 3.63) is 10.7 Å². The Hall–Kier alpha value is -0.840. The molecule has 5 heteroatoms. The average Bonchev–Trinajstić information content (AvgIpc) is 2.94. The van der Waals surface area contributed by atoms with Crippen LogP contribution in [0.3, 0.4) is 0 Å². The van der Waals surface area contributed by atoms with Crippen LogP contribution in [0.15, 0.2) is 10.7 Å². The van der Waals surface area contributed by atoms with Gasteiger partial charge in [0.05, 0.1) is 4.47 Å². The molecule has 1 fully saturated rings. The van der Waals surface area contributed by atoms with Crippen molar-refractivity contribution in [2.75, 3.05) is 30.9 Å². The fraction of sp³-hybridized carbons (Fsp3) is 0.636. The second kappa shape index (κ2) is 4.57. The molecule has 1 heterocycles. The molecular formula is C11H17BrN4.